The first-order chi connectivity index (χ1) is 7.46. The molecule has 90 valence electrons. The van der Waals surface area contributed by atoms with Gasteiger partial charge in [-0.15, -0.1) is 0 Å². The molecule has 1 rings (SSSR count). The van der Waals surface area contributed by atoms with E-state index in [0.29, 0.717) is 0 Å². The second-order valence-electron chi connectivity index (χ2n) is 4.70. The number of nitrogens with one attached hydrogen (secondary N) is 1. The maximum absolute atomic E-state index is 5.88. The zero-order valence-corrected chi connectivity index (χ0v) is 10.9. The molecule has 1 N–H and O–H groups in total. The van der Waals surface area contributed by atoms with Gasteiger partial charge in [-0.05, 0) is 45.9 Å². The fraction of sp³-hybridized carbons (Fsp3) is 0.615. The molecule has 0 atom stereocenters. The summed E-state index contributed by atoms with van der Waals surface area (Å²) in [6, 6.07) is 4.07. The van der Waals surface area contributed by atoms with Crippen LogP contribution in [-0.2, 0) is 6.54 Å². The van der Waals surface area contributed by atoms with Crippen molar-refractivity contribution < 1.29 is 4.74 Å². The van der Waals surface area contributed by atoms with Crippen molar-refractivity contribution in [3.63, 3.8) is 0 Å². The first kappa shape index (κ1) is 13.0. The van der Waals surface area contributed by atoms with Crippen molar-refractivity contribution in [1.29, 1.82) is 0 Å². The summed E-state index contributed by atoms with van der Waals surface area (Å²) < 4.78 is 5.88. The highest BCUT2D eigenvalue weighted by molar-refractivity contribution is 5.25. The zero-order chi connectivity index (χ0) is 12.2. The third-order valence-corrected chi connectivity index (χ3v) is 2.60. The molecule has 0 amide bonds. The highest BCUT2D eigenvalue weighted by atomic mass is 16.5. The van der Waals surface area contributed by atoms with E-state index in [2.05, 4.69) is 37.1 Å². The molecule has 0 aliphatic rings. The minimum atomic E-state index is -0.155. The molecule has 0 spiro atoms. The lowest BCUT2D eigenvalue weighted by molar-refractivity contribution is 0.0987. The van der Waals surface area contributed by atoms with Gasteiger partial charge in [0.05, 0.1) is 0 Å². The molecule has 0 aromatic carbocycles. The van der Waals surface area contributed by atoms with Crippen LogP contribution in [0.3, 0.4) is 0 Å². The molecule has 0 aliphatic heterocycles. The Morgan fingerprint density at radius 3 is 2.62 bits per heavy atom. The number of hydrogen-bond donors (Lipinski definition) is 1. The highest BCUT2D eigenvalue weighted by Gasteiger charge is 2.17. The van der Waals surface area contributed by atoms with Crippen LogP contribution < -0.4 is 10.1 Å². The summed E-state index contributed by atoms with van der Waals surface area (Å²) in [6.07, 6.45) is 0.962. The number of aryl methyl sites for hydroxylation is 1. The zero-order valence-electron chi connectivity index (χ0n) is 10.9. The summed E-state index contributed by atoms with van der Waals surface area (Å²) >= 11 is 0. The van der Waals surface area contributed by atoms with Crippen molar-refractivity contribution in [1.82, 2.24) is 10.3 Å². The normalized spacial score (nSPS) is 11.6. The monoisotopic (exact) mass is 222 g/mol. The molecule has 3 heteroatoms. The van der Waals surface area contributed by atoms with Gasteiger partial charge in [0.1, 0.15) is 5.60 Å². The van der Waals surface area contributed by atoms with E-state index in [1.54, 1.807) is 0 Å². The maximum atomic E-state index is 5.88. The summed E-state index contributed by atoms with van der Waals surface area (Å²) in [5.74, 6) is 0.720. The average Bonchev–Trinajstić information content (AvgIpc) is 2.16. The first-order valence-electron chi connectivity index (χ1n) is 5.78. The largest absolute Gasteiger partial charge is 0.472 e. The topological polar surface area (TPSA) is 34.1 Å². The molecule has 3 nitrogen and oxygen atoms in total. The SMILES string of the molecule is CCC(C)(C)Oc1cc(CNC)cc(C)n1. The quantitative estimate of drug-likeness (QED) is 0.831. The Labute approximate surface area is 98.2 Å². The van der Waals surface area contributed by atoms with Gasteiger partial charge in [0.25, 0.3) is 0 Å². The molecule has 0 aliphatic carbocycles. The van der Waals surface area contributed by atoms with Crippen molar-refractivity contribution in [2.75, 3.05) is 7.05 Å². The molecule has 0 fully saturated rings. The van der Waals surface area contributed by atoms with E-state index >= 15 is 0 Å². The van der Waals surface area contributed by atoms with Crippen LogP contribution in [0.4, 0.5) is 0 Å². The van der Waals surface area contributed by atoms with Crippen LogP contribution >= 0.6 is 0 Å². The van der Waals surface area contributed by atoms with Gasteiger partial charge in [0.15, 0.2) is 0 Å². The van der Waals surface area contributed by atoms with Crippen LogP contribution in [-0.4, -0.2) is 17.6 Å². The van der Waals surface area contributed by atoms with E-state index in [1.807, 2.05) is 20.0 Å². The van der Waals surface area contributed by atoms with Crippen LogP contribution in [0.25, 0.3) is 0 Å². The fourth-order valence-electron chi connectivity index (χ4n) is 1.42. The molecule has 1 aromatic heterocycles. The molecule has 0 bridgehead atoms. The second-order valence-corrected chi connectivity index (χ2v) is 4.70. The lowest BCUT2D eigenvalue weighted by atomic mass is 10.1. The summed E-state index contributed by atoms with van der Waals surface area (Å²) in [6.45, 7) is 9.10. The number of nitrogens with zero attached hydrogens (tertiary/aromatic N) is 1. The maximum Gasteiger partial charge on any atom is 0.214 e. The predicted molar refractivity (Wildman–Crippen MR) is 66.7 cm³/mol. The molecule has 0 saturated carbocycles. The average molecular weight is 222 g/mol. The molecular formula is C13H22N2O. The summed E-state index contributed by atoms with van der Waals surface area (Å²) in [7, 11) is 1.94. The highest BCUT2D eigenvalue weighted by Crippen LogP contribution is 2.20. The lowest BCUT2D eigenvalue weighted by Crippen LogP contribution is -2.27. The third-order valence-electron chi connectivity index (χ3n) is 2.60. The first-order valence-corrected chi connectivity index (χ1v) is 5.78. The van der Waals surface area contributed by atoms with Gasteiger partial charge in [0, 0.05) is 18.3 Å². The van der Waals surface area contributed by atoms with Crippen LogP contribution in [0, 0.1) is 6.92 Å². The van der Waals surface area contributed by atoms with Crippen LogP contribution in [0.5, 0.6) is 5.88 Å². The Kier molecular flexibility index (Phi) is 4.30. The molecule has 0 radical (unpaired) electrons. The van der Waals surface area contributed by atoms with Gasteiger partial charge in [-0.1, -0.05) is 6.92 Å². The number of pyridine rings is 1. The van der Waals surface area contributed by atoms with Crippen molar-refractivity contribution >= 4 is 0 Å². The van der Waals surface area contributed by atoms with Gasteiger partial charge >= 0.3 is 0 Å². The number of ether oxygens (including phenoxy) is 1. The van der Waals surface area contributed by atoms with Crippen LogP contribution in [0.1, 0.15) is 38.4 Å². The molecule has 1 heterocycles. The second kappa shape index (κ2) is 5.30. The Balaban J connectivity index is 2.87. The summed E-state index contributed by atoms with van der Waals surface area (Å²) in [4.78, 5) is 4.40. The molecule has 16 heavy (non-hydrogen) atoms. The van der Waals surface area contributed by atoms with Crippen molar-refractivity contribution in [3.05, 3.63) is 23.4 Å². The van der Waals surface area contributed by atoms with Crippen LogP contribution in [0.15, 0.2) is 12.1 Å². The predicted octanol–water partition coefficient (Wildman–Crippen LogP) is 2.68. The standard InChI is InChI=1S/C13H22N2O/c1-6-13(3,4)16-12-8-11(9-14-5)7-10(2)15-12/h7-8,14H,6,9H2,1-5H3. The molecule has 1 aromatic rings. The van der Waals surface area contributed by atoms with Gasteiger partial charge in [-0.3, -0.25) is 0 Å². The fourth-order valence-corrected chi connectivity index (χ4v) is 1.42. The van der Waals surface area contributed by atoms with E-state index in [9.17, 15) is 0 Å². The third kappa shape index (κ3) is 3.81. The molecule has 0 saturated heterocycles. The van der Waals surface area contributed by atoms with Crippen molar-refractivity contribution in [3.8, 4) is 5.88 Å². The van der Waals surface area contributed by atoms with E-state index in [-0.39, 0.29) is 5.60 Å². The molecular weight excluding hydrogens is 200 g/mol. The Morgan fingerprint density at radius 1 is 1.38 bits per heavy atom. The summed E-state index contributed by atoms with van der Waals surface area (Å²) in [5, 5.41) is 3.13. The van der Waals surface area contributed by atoms with Crippen molar-refractivity contribution in [2.24, 2.45) is 0 Å². The van der Waals surface area contributed by atoms with Gasteiger partial charge < -0.3 is 10.1 Å². The smallest absolute Gasteiger partial charge is 0.214 e. The Bertz CT molecular complexity index is 348. The number of aromatic nitrogens is 1. The van der Waals surface area contributed by atoms with E-state index < -0.39 is 0 Å². The number of rotatable bonds is 5. The van der Waals surface area contributed by atoms with Crippen LogP contribution in [0.2, 0.25) is 0 Å². The van der Waals surface area contributed by atoms with E-state index in [0.717, 1.165) is 24.5 Å². The lowest BCUT2D eigenvalue weighted by Gasteiger charge is -2.24. The minimum Gasteiger partial charge on any atom is -0.472 e. The summed E-state index contributed by atoms with van der Waals surface area (Å²) in [5.41, 5.74) is 2.05. The van der Waals surface area contributed by atoms with Gasteiger partial charge in [-0.2, -0.15) is 0 Å². The van der Waals surface area contributed by atoms with E-state index in [4.69, 9.17) is 4.74 Å². The van der Waals surface area contributed by atoms with E-state index in [1.165, 1.54) is 5.56 Å². The van der Waals surface area contributed by atoms with Gasteiger partial charge in [0.2, 0.25) is 5.88 Å². The minimum absolute atomic E-state index is 0.155. The molecule has 0 unspecified atom stereocenters. The van der Waals surface area contributed by atoms with Gasteiger partial charge in [-0.25, -0.2) is 4.98 Å². The Morgan fingerprint density at radius 2 is 2.06 bits per heavy atom. The Hall–Kier alpha value is -1.09. The van der Waals surface area contributed by atoms with Crippen molar-refractivity contribution in [2.45, 2.75) is 46.3 Å². The number of hydrogen-bond acceptors (Lipinski definition) is 3.